The highest BCUT2D eigenvalue weighted by molar-refractivity contribution is 6.07. The molecule has 1 heterocycles. The molecule has 0 bridgehead atoms. The number of Topliss-reactive ketones (excluding diaryl/α,β-unsaturated/α-hetero) is 1. The van der Waals surface area contributed by atoms with Gasteiger partial charge in [0.25, 0.3) is 0 Å². The number of amides is 1. The van der Waals surface area contributed by atoms with Crippen molar-refractivity contribution in [3.05, 3.63) is 60.3 Å². The molecule has 5 nitrogen and oxygen atoms in total. The number of anilines is 1. The number of hydrogen-bond donors (Lipinski definition) is 1. The van der Waals surface area contributed by atoms with Crippen molar-refractivity contribution in [3.63, 3.8) is 0 Å². The predicted molar refractivity (Wildman–Crippen MR) is 93.6 cm³/mol. The molecule has 0 aliphatic rings. The van der Waals surface area contributed by atoms with Crippen LogP contribution in [0.2, 0.25) is 0 Å². The zero-order valence-electron chi connectivity index (χ0n) is 13.6. The number of fused-ring (bicyclic) bond motifs is 1. The molecule has 0 aliphatic heterocycles. The van der Waals surface area contributed by atoms with Crippen molar-refractivity contribution in [2.75, 3.05) is 12.4 Å². The largest absolute Gasteiger partial charge is 0.497 e. The Morgan fingerprint density at radius 1 is 1.12 bits per heavy atom. The van der Waals surface area contributed by atoms with Crippen LogP contribution in [0.15, 0.2) is 54.7 Å². The fourth-order valence-corrected chi connectivity index (χ4v) is 2.71. The Bertz CT molecular complexity index is 912. The van der Waals surface area contributed by atoms with Crippen LogP contribution in [0.4, 0.5) is 5.69 Å². The van der Waals surface area contributed by atoms with Crippen LogP contribution in [-0.4, -0.2) is 23.4 Å². The fourth-order valence-electron chi connectivity index (χ4n) is 2.71. The molecule has 3 rings (SSSR count). The highest BCUT2D eigenvalue weighted by atomic mass is 16.5. The quantitative estimate of drug-likeness (QED) is 0.732. The number of para-hydroxylation sites is 1. The number of nitrogens with one attached hydrogen (secondary N) is 1. The zero-order chi connectivity index (χ0) is 17.1. The van der Waals surface area contributed by atoms with Gasteiger partial charge in [-0.3, -0.25) is 9.59 Å². The lowest BCUT2D eigenvalue weighted by Gasteiger charge is -2.08. The van der Waals surface area contributed by atoms with Gasteiger partial charge in [0.1, 0.15) is 12.3 Å². The van der Waals surface area contributed by atoms with Gasteiger partial charge in [-0.05, 0) is 25.1 Å². The molecular weight excluding hydrogens is 304 g/mol. The Morgan fingerprint density at radius 3 is 2.67 bits per heavy atom. The third-order valence-corrected chi connectivity index (χ3v) is 3.84. The van der Waals surface area contributed by atoms with Crippen molar-refractivity contribution in [2.45, 2.75) is 13.5 Å². The minimum Gasteiger partial charge on any atom is -0.497 e. The number of methoxy groups -OCH3 is 1. The van der Waals surface area contributed by atoms with Gasteiger partial charge in [0.2, 0.25) is 5.91 Å². The second kappa shape index (κ2) is 6.58. The normalized spacial score (nSPS) is 10.6. The average Bonchev–Trinajstić information content (AvgIpc) is 2.94. The first-order chi connectivity index (χ1) is 11.6. The van der Waals surface area contributed by atoms with E-state index < -0.39 is 0 Å². The smallest absolute Gasteiger partial charge is 0.244 e. The number of aromatic nitrogens is 1. The van der Waals surface area contributed by atoms with Gasteiger partial charge < -0.3 is 14.6 Å². The number of hydrogen-bond acceptors (Lipinski definition) is 3. The summed E-state index contributed by atoms with van der Waals surface area (Å²) in [4.78, 5) is 24.1. The molecule has 0 radical (unpaired) electrons. The number of ketones is 1. The number of nitrogens with zero attached hydrogens (tertiary/aromatic N) is 1. The second-order valence-corrected chi connectivity index (χ2v) is 5.52. The molecule has 0 atom stereocenters. The molecular formula is C19H18N2O3. The first-order valence-corrected chi connectivity index (χ1v) is 7.61. The average molecular weight is 322 g/mol. The third-order valence-electron chi connectivity index (χ3n) is 3.84. The van der Waals surface area contributed by atoms with E-state index >= 15 is 0 Å². The predicted octanol–water partition coefficient (Wildman–Crippen LogP) is 3.49. The molecule has 122 valence electrons. The number of rotatable bonds is 5. The SMILES string of the molecule is COc1cccc(NC(=O)Cn2cc(C(C)=O)c3ccccc32)c1. The van der Waals surface area contributed by atoms with Crippen LogP contribution in [0.25, 0.3) is 10.9 Å². The van der Waals surface area contributed by atoms with Gasteiger partial charge in [0, 0.05) is 34.4 Å². The van der Waals surface area contributed by atoms with E-state index in [1.807, 2.05) is 36.4 Å². The summed E-state index contributed by atoms with van der Waals surface area (Å²) in [6.45, 7) is 1.66. The van der Waals surface area contributed by atoms with Gasteiger partial charge in [-0.25, -0.2) is 0 Å². The van der Waals surface area contributed by atoms with Crippen LogP contribution < -0.4 is 10.1 Å². The molecule has 24 heavy (non-hydrogen) atoms. The topological polar surface area (TPSA) is 60.3 Å². The standard InChI is InChI=1S/C19H18N2O3/c1-13(22)17-11-21(18-9-4-3-8-16(17)18)12-19(23)20-14-6-5-7-15(10-14)24-2/h3-11H,12H2,1-2H3,(H,20,23). The van der Waals surface area contributed by atoms with Gasteiger partial charge >= 0.3 is 0 Å². The number of carbonyl (C=O) groups excluding carboxylic acids is 2. The first kappa shape index (κ1) is 15.8. The van der Waals surface area contributed by atoms with E-state index in [0.29, 0.717) is 17.0 Å². The fraction of sp³-hybridized carbons (Fsp3) is 0.158. The molecule has 1 amide bonds. The maximum absolute atomic E-state index is 12.3. The molecule has 0 unspecified atom stereocenters. The molecule has 1 aromatic heterocycles. The van der Waals surface area contributed by atoms with E-state index in [0.717, 1.165) is 10.9 Å². The van der Waals surface area contributed by atoms with E-state index in [1.54, 1.807) is 30.0 Å². The van der Waals surface area contributed by atoms with Crippen LogP contribution in [0, 0.1) is 0 Å². The van der Waals surface area contributed by atoms with Crippen LogP contribution in [0.1, 0.15) is 17.3 Å². The van der Waals surface area contributed by atoms with Crippen molar-refractivity contribution in [2.24, 2.45) is 0 Å². The molecule has 0 saturated carbocycles. The lowest BCUT2D eigenvalue weighted by molar-refractivity contribution is -0.116. The van der Waals surface area contributed by atoms with Crippen LogP contribution >= 0.6 is 0 Å². The monoisotopic (exact) mass is 322 g/mol. The van der Waals surface area contributed by atoms with Crippen molar-refractivity contribution in [3.8, 4) is 5.75 Å². The minimum atomic E-state index is -0.167. The van der Waals surface area contributed by atoms with Crippen molar-refractivity contribution in [1.82, 2.24) is 4.57 Å². The summed E-state index contributed by atoms with van der Waals surface area (Å²) in [5, 5.41) is 3.70. The number of ether oxygens (including phenoxy) is 1. The molecule has 0 aliphatic carbocycles. The van der Waals surface area contributed by atoms with E-state index in [-0.39, 0.29) is 18.2 Å². The highest BCUT2D eigenvalue weighted by Crippen LogP contribution is 2.22. The molecule has 3 aromatic rings. The van der Waals surface area contributed by atoms with E-state index in [4.69, 9.17) is 4.74 Å². The molecule has 5 heteroatoms. The summed E-state index contributed by atoms with van der Waals surface area (Å²) in [6, 6.07) is 14.8. The van der Waals surface area contributed by atoms with Crippen molar-refractivity contribution in [1.29, 1.82) is 0 Å². The molecule has 0 saturated heterocycles. The lowest BCUT2D eigenvalue weighted by Crippen LogP contribution is -2.18. The molecule has 1 N–H and O–H groups in total. The Morgan fingerprint density at radius 2 is 1.92 bits per heavy atom. The summed E-state index contributed by atoms with van der Waals surface area (Å²) < 4.78 is 6.94. The Kier molecular flexibility index (Phi) is 4.33. The minimum absolute atomic E-state index is 0.0156. The van der Waals surface area contributed by atoms with Crippen LogP contribution in [0.5, 0.6) is 5.75 Å². The number of carbonyl (C=O) groups is 2. The first-order valence-electron chi connectivity index (χ1n) is 7.61. The van der Waals surface area contributed by atoms with Crippen LogP contribution in [-0.2, 0) is 11.3 Å². The summed E-state index contributed by atoms with van der Waals surface area (Å²) in [5.74, 6) is 0.496. The molecule has 0 fully saturated rings. The van der Waals surface area contributed by atoms with E-state index in [1.165, 1.54) is 6.92 Å². The van der Waals surface area contributed by atoms with Gasteiger partial charge in [-0.15, -0.1) is 0 Å². The zero-order valence-corrected chi connectivity index (χ0v) is 13.6. The van der Waals surface area contributed by atoms with Crippen LogP contribution in [0.3, 0.4) is 0 Å². The lowest BCUT2D eigenvalue weighted by atomic mass is 10.1. The van der Waals surface area contributed by atoms with Gasteiger partial charge in [0.15, 0.2) is 5.78 Å². The van der Waals surface area contributed by atoms with Gasteiger partial charge in [-0.1, -0.05) is 24.3 Å². The number of benzene rings is 2. The van der Waals surface area contributed by atoms with Crippen molar-refractivity contribution < 1.29 is 14.3 Å². The van der Waals surface area contributed by atoms with Gasteiger partial charge in [-0.2, -0.15) is 0 Å². The Labute approximate surface area is 139 Å². The summed E-state index contributed by atoms with van der Waals surface area (Å²) in [6.07, 6.45) is 1.73. The maximum Gasteiger partial charge on any atom is 0.244 e. The third kappa shape index (κ3) is 3.15. The summed E-state index contributed by atoms with van der Waals surface area (Å²) in [5.41, 5.74) is 2.16. The maximum atomic E-state index is 12.3. The second-order valence-electron chi connectivity index (χ2n) is 5.52. The van der Waals surface area contributed by atoms with Gasteiger partial charge in [0.05, 0.1) is 7.11 Å². The summed E-state index contributed by atoms with van der Waals surface area (Å²) in [7, 11) is 1.58. The highest BCUT2D eigenvalue weighted by Gasteiger charge is 2.13. The molecule has 0 spiro atoms. The summed E-state index contributed by atoms with van der Waals surface area (Å²) >= 11 is 0. The Balaban J connectivity index is 1.84. The van der Waals surface area contributed by atoms with E-state index in [2.05, 4.69) is 5.32 Å². The van der Waals surface area contributed by atoms with E-state index in [9.17, 15) is 9.59 Å². The molecule has 2 aromatic carbocycles. The van der Waals surface area contributed by atoms with Crippen molar-refractivity contribution >= 4 is 28.3 Å². The Hall–Kier alpha value is -3.08.